The van der Waals surface area contributed by atoms with E-state index in [0.717, 1.165) is 43.9 Å². The molecular formula is C20H21N3O2. The summed E-state index contributed by atoms with van der Waals surface area (Å²) in [5.74, 6) is 1.84. The molecule has 0 bridgehead atoms. The zero-order valence-electron chi connectivity index (χ0n) is 14.1. The Morgan fingerprint density at radius 1 is 1.16 bits per heavy atom. The number of hydrogen-bond donors (Lipinski definition) is 0. The summed E-state index contributed by atoms with van der Waals surface area (Å²) in [6.45, 7) is 2.48. The first-order valence-electron chi connectivity index (χ1n) is 8.73. The largest absolute Gasteiger partial charge is 0.488 e. The summed E-state index contributed by atoms with van der Waals surface area (Å²) in [6.07, 6.45) is 4.65. The van der Waals surface area contributed by atoms with Gasteiger partial charge >= 0.3 is 0 Å². The molecule has 5 heteroatoms. The van der Waals surface area contributed by atoms with Gasteiger partial charge in [-0.15, -0.1) is 0 Å². The molecule has 1 aromatic heterocycles. The quantitative estimate of drug-likeness (QED) is 0.862. The predicted octanol–water partition coefficient (Wildman–Crippen LogP) is 3.16. The highest BCUT2D eigenvalue weighted by atomic mass is 16.6. The Hall–Kier alpha value is -2.58. The summed E-state index contributed by atoms with van der Waals surface area (Å²) in [7, 11) is 0. The fourth-order valence-electron chi connectivity index (χ4n) is 3.70. The third kappa shape index (κ3) is 3.45. The molecule has 0 N–H and O–H groups in total. The molecule has 4 rings (SSSR count). The lowest BCUT2D eigenvalue weighted by atomic mass is 9.88. The number of nitrogens with zero attached hydrogens (tertiary/aromatic N) is 3. The Bertz CT molecular complexity index is 747. The van der Waals surface area contributed by atoms with Crippen molar-refractivity contribution in [1.29, 1.82) is 5.26 Å². The molecule has 2 aliphatic heterocycles. The van der Waals surface area contributed by atoms with Crippen LogP contribution in [0.1, 0.15) is 24.8 Å². The lowest BCUT2D eigenvalue weighted by Crippen LogP contribution is -2.44. The lowest BCUT2D eigenvalue weighted by molar-refractivity contribution is -0.0163. The summed E-state index contributed by atoms with van der Waals surface area (Å²) in [6, 6.07) is 15.8. The van der Waals surface area contributed by atoms with Crippen LogP contribution in [0.15, 0.2) is 48.7 Å². The molecule has 3 heterocycles. The standard InChI is InChI=1S/C20H21N3O2/c21-13-16-6-7-19(22-14-16)23-10-8-20(9-11-23)12-18(15-24-20)25-17-4-2-1-3-5-17/h1-7,14,18H,8-12,15H2. The average molecular weight is 335 g/mol. The van der Waals surface area contributed by atoms with Gasteiger partial charge in [0.1, 0.15) is 23.7 Å². The van der Waals surface area contributed by atoms with Gasteiger partial charge in [0.2, 0.25) is 0 Å². The van der Waals surface area contributed by atoms with Crippen LogP contribution >= 0.6 is 0 Å². The minimum atomic E-state index is -0.0669. The molecule has 0 radical (unpaired) electrons. The van der Waals surface area contributed by atoms with Gasteiger partial charge in [0.15, 0.2) is 0 Å². The number of benzene rings is 1. The molecule has 1 aromatic carbocycles. The van der Waals surface area contributed by atoms with Crippen LogP contribution in [0.5, 0.6) is 5.75 Å². The summed E-state index contributed by atoms with van der Waals surface area (Å²) >= 11 is 0. The number of para-hydroxylation sites is 1. The molecule has 5 nitrogen and oxygen atoms in total. The summed E-state index contributed by atoms with van der Waals surface area (Å²) in [5.41, 5.74) is 0.528. The number of ether oxygens (including phenoxy) is 2. The molecule has 2 aliphatic rings. The zero-order valence-corrected chi connectivity index (χ0v) is 14.1. The molecule has 0 saturated carbocycles. The van der Waals surface area contributed by atoms with E-state index in [1.807, 2.05) is 42.5 Å². The van der Waals surface area contributed by atoms with Crippen LogP contribution in [0.2, 0.25) is 0 Å². The van der Waals surface area contributed by atoms with Crippen molar-refractivity contribution >= 4 is 5.82 Å². The maximum absolute atomic E-state index is 8.88. The van der Waals surface area contributed by atoms with Crippen molar-refractivity contribution in [2.24, 2.45) is 0 Å². The fourth-order valence-corrected chi connectivity index (χ4v) is 3.70. The molecule has 0 aliphatic carbocycles. The molecule has 2 aromatic rings. The minimum absolute atomic E-state index is 0.0669. The number of nitriles is 1. The van der Waals surface area contributed by atoms with E-state index in [4.69, 9.17) is 14.7 Å². The Labute approximate surface area is 147 Å². The fraction of sp³-hybridized carbons (Fsp3) is 0.400. The van der Waals surface area contributed by atoms with Gasteiger partial charge in [-0.25, -0.2) is 4.98 Å². The van der Waals surface area contributed by atoms with Crippen molar-refractivity contribution < 1.29 is 9.47 Å². The van der Waals surface area contributed by atoms with E-state index >= 15 is 0 Å². The minimum Gasteiger partial charge on any atom is -0.488 e. The molecule has 2 saturated heterocycles. The van der Waals surface area contributed by atoms with Gasteiger partial charge in [-0.05, 0) is 37.1 Å². The molecule has 1 spiro atoms. The number of piperidine rings is 1. The average Bonchev–Trinajstić information content (AvgIpc) is 3.05. The normalized spacial score (nSPS) is 21.9. The Balaban J connectivity index is 1.34. The second-order valence-electron chi connectivity index (χ2n) is 6.75. The number of rotatable bonds is 3. The van der Waals surface area contributed by atoms with Crippen LogP contribution < -0.4 is 9.64 Å². The highest BCUT2D eigenvalue weighted by Gasteiger charge is 2.43. The molecule has 128 valence electrons. The van der Waals surface area contributed by atoms with Gasteiger partial charge in [-0.2, -0.15) is 5.26 Å². The monoisotopic (exact) mass is 335 g/mol. The number of hydrogen-bond acceptors (Lipinski definition) is 5. The van der Waals surface area contributed by atoms with E-state index in [-0.39, 0.29) is 11.7 Å². The maximum Gasteiger partial charge on any atom is 0.128 e. The van der Waals surface area contributed by atoms with Gasteiger partial charge in [0.25, 0.3) is 0 Å². The van der Waals surface area contributed by atoms with Crippen LogP contribution in [0.3, 0.4) is 0 Å². The molecule has 1 atom stereocenters. The Morgan fingerprint density at radius 2 is 1.96 bits per heavy atom. The highest BCUT2D eigenvalue weighted by molar-refractivity contribution is 5.42. The predicted molar refractivity (Wildman–Crippen MR) is 94.6 cm³/mol. The zero-order chi connectivity index (χ0) is 17.1. The summed E-state index contributed by atoms with van der Waals surface area (Å²) in [4.78, 5) is 6.66. The third-order valence-corrected chi connectivity index (χ3v) is 5.10. The van der Waals surface area contributed by atoms with Gasteiger partial charge in [-0.1, -0.05) is 18.2 Å². The molecular weight excluding hydrogens is 314 g/mol. The second kappa shape index (κ2) is 6.73. The van der Waals surface area contributed by atoms with E-state index < -0.39 is 0 Å². The topological polar surface area (TPSA) is 58.4 Å². The maximum atomic E-state index is 8.88. The van der Waals surface area contributed by atoms with Crippen LogP contribution in [0.25, 0.3) is 0 Å². The van der Waals surface area contributed by atoms with Crippen molar-refractivity contribution in [2.45, 2.75) is 31.0 Å². The Morgan fingerprint density at radius 3 is 2.64 bits per heavy atom. The first-order chi connectivity index (χ1) is 12.3. The lowest BCUT2D eigenvalue weighted by Gasteiger charge is -2.39. The van der Waals surface area contributed by atoms with Crippen molar-refractivity contribution in [3.05, 3.63) is 54.2 Å². The van der Waals surface area contributed by atoms with Gasteiger partial charge in [0, 0.05) is 25.7 Å². The van der Waals surface area contributed by atoms with Crippen molar-refractivity contribution in [1.82, 2.24) is 4.98 Å². The van der Waals surface area contributed by atoms with Gasteiger partial charge in [-0.3, -0.25) is 0 Å². The summed E-state index contributed by atoms with van der Waals surface area (Å²) < 4.78 is 12.2. The van der Waals surface area contributed by atoms with E-state index in [1.165, 1.54) is 0 Å². The van der Waals surface area contributed by atoms with Crippen LogP contribution in [-0.4, -0.2) is 36.4 Å². The van der Waals surface area contributed by atoms with Gasteiger partial charge in [0.05, 0.1) is 17.8 Å². The van der Waals surface area contributed by atoms with E-state index in [1.54, 1.807) is 6.20 Å². The molecule has 25 heavy (non-hydrogen) atoms. The molecule has 1 unspecified atom stereocenters. The first kappa shape index (κ1) is 15.9. The van der Waals surface area contributed by atoms with E-state index in [0.29, 0.717) is 12.2 Å². The van der Waals surface area contributed by atoms with E-state index in [2.05, 4.69) is 16.0 Å². The van der Waals surface area contributed by atoms with E-state index in [9.17, 15) is 0 Å². The first-order valence-corrected chi connectivity index (χ1v) is 8.73. The number of anilines is 1. The third-order valence-electron chi connectivity index (χ3n) is 5.10. The van der Waals surface area contributed by atoms with Crippen molar-refractivity contribution in [3.8, 4) is 11.8 Å². The number of pyridine rings is 1. The highest BCUT2D eigenvalue weighted by Crippen LogP contribution is 2.38. The van der Waals surface area contributed by atoms with Crippen LogP contribution in [-0.2, 0) is 4.74 Å². The molecule has 0 amide bonds. The summed E-state index contributed by atoms with van der Waals surface area (Å²) in [5, 5.41) is 8.88. The van der Waals surface area contributed by atoms with Crippen LogP contribution in [0.4, 0.5) is 5.82 Å². The smallest absolute Gasteiger partial charge is 0.128 e. The van der Waals surface area contributed by atoms with Gasteiger partial charge < -0.3 is 14.4 Å². The van der Waals surface area contributed by atoms with Crippen molar-refractivity contribution in [3.63, 3.8) is 0 Å². The Kier molecular flexibility index (Phi) is 4.29. The molecule has 2 fully saturated rings. The second-order valence-corrected chi connectivity index (χ2v) is 6.75. The van der Waals surface area contributed by atoms with Crippen LogP contribution in [0, 0.1) is 11.3 Å². The SMILES string of the molecule is N#Cc1ccc(N2CCC3(CC2)CC(Oc2ccccc2)CO3)nc1. The number of aromatic nitrogens is 1. The van der Waals surface area contributed by atoms with Crippen molar-refractivity contribution in [2.75, 3.05) is 24.6 Å².